The average Bonchev–Trinajstić information content (AvgIpc) is 2.97. The van der Waals surface area contributed by atoms with Gasteiger partial charge in [-0.15, -0.1) is 16.4 Å². The number of aldehydes is 1. The minimum Gasteiger partial charge on any atom is -0.296 e. The SMILES string of the molecule is O=Cc1cn(-c2cccc3ccsc23)nn1. The van der Waals surface area contributed by atoms with Gasteiger partial charge in [-0.25, -0.2) is 4.68 Å². The number of carbonyl (C=O) groups is 1. The summed E-state index contributed by atoms with van der Waals surface area (Å²) in [7, 11) is 0. The standard InChI is InChI=1S/C11H7N3OS/c15-7-9-6-14(13-12-9)10-3-1-2-8-4-5-16-11(8)10/h1-7H. The molecule has 0 radical (unpaired) electrons. The summed E-state index contributed by atoms with van der Waals surface area (Å²) >= 11 is 1.65. The first-order valence-electron chi connectivity index (χ1n) is 4.72. The van der Waals surface area contributed by atoms with Crippen molar-refractivity contribution >= 4 is 27.7 Å². The van der Waals surface area contributed by atoms with Gasteiger partial charge in [0.05, 0.1) is 16.6 Å². The summed E-state index contributed by atoms with van der Waals surface area (Å²) in [5.74, 6) is 0. The van der Waals surface area contributed by atoms with Crippen molar-refractivity contribution in [1.82, 2.24) is 15.0 Å². The van der Waals surface area contributed by atoms with Crippen LogP contribution in [-0.2, 0) is 0 Å². The molecule has 3 aromatic rings. The molecule has 0 bridgehead atoms. The predicted molar refractivity (Wildman–Crippen MR) is 62.1 cm³/mol. The van der Waals surface area contributed by atoms with Gasteiger partial charge in [0.1, 0.15) is 5.69 Å². The van der Waals surface area contributed by atoms with Crippen LogP contribution in [0, 0.1) is 0 Å². The fourth-order valence-electron chi connectivity index (χ4n) is 1.61. The zero-order valence-electron chi connectivity index (χ0n) is 8.20. The van der Waals surface area contributed by atoms with E-state index in [-0.39, 0.29) is 0 Å². The number of hydrogen-bond donors (Lipinski definition) is 0. The highest BCUT2D eigenvalue weighted by atomic mass is 32.1. The lowest BCUT2D eigenvalue weighted by molar-refractivity contribution is 0.111. The van der Waals surface area contributed by atoms with E-state index in [1.54, 1.807) is 22.2 Å². The Morgan fingerprint density at radius 3 is 3.06 bits per heavy atom. The van der Waals surface area contributed by atoms with Crippen LogP contribution in [0.3, 0.4) is 0 Å². The van der Waals surface area contributed by atoms with Crippen molar-refractivity contribution in [3.63, 3.8) is 0 Å². The molecule has 5 heteroatoms. The van der Waals surface area contributed by atoms with Gasteiger partial charge in [0.25, 0.3) is 0 Å². The summed E-state index contributed by atoms with van der Waals surface area (Å²) in [6.45, 7) is 0. The Balaban J connectivity index is 2.24. The predicted octanol–water partition coefficient (Wildman–Crippen LogP) is 2.29. The second-order valence-electron chi connectivity index (χ2n) is 3.32. The minimum atomic E-state index is 0.341. The van der Waals surface area contributed by atoms with E-state index in [4.69, 9.17) is 0 Å². The van der Waals surface area contributed by atoms with Gasteiger partial charge in [0.2, 0.25) is 0 Å². The van der Waals surface area contributed by atoms with Crippen LogP contribution in [0.5, 0.6) is 0 Å². The monoisotopic (exact) mass is 229 g/mol. The van der Waals surface area contributed by atoms with E-state index in [9.17, 15) is 4.79 Å². The molecule has 0 aliphatic heterocycles. The number of nitrogens with zero attached hydrogens (tertiary/aromatic N) is 3. The van der Waals surface area contributed by atoms with E-state index in [0.29, 0.717) is 12.0 Å². The number of benzene rings is 1. The summed E-state index contributed by atoms with van der Waals surface area (Å²) < 4.78 is 2.77. The Hall–Kier alpha value is -2.01. The molecule has 2 heterocycles. The fraction of sp³-hybridized carbons (Fsp3) is 0. The number of rotatable bonds is 2. The smallest absolute Gasteiger partial charge is 0.171 e. The Labute approximate surface area is 95.1 Å². The zero-order valence-corrected chi connectivity index (χ0v) is 9.02. The van der Waals surface area contributed by atoms with Crippen LogP contribution in [0.2, 0.25) is 0 Å². The van der Waals surface area contributed by atoms with Gasteiger partial charge in [0.15, 0.2) is 6.29 Å². The van der Waals surface area contributed by atoms with Crippen molar-refractivity contribution < 1.29 is 4.79 Å². The van der Waals surface area contributed by atoms with Crippen LogP contribution >= 0.6 is 11.3 Å². The molecular weight excluding hydrogens is 222 g/mol. The highest BCUT2D eigenvalue weighted by molar-refractivity contribution is 7.17. The van der Waals surface area contributed by atoms with Gasteiger partial charge < -0.3 is 0 Å². The van der Waals surface area contributed by atoms with Crippen LogP contribution in [0.15, 0.2) is 35.8 Å². The number of fused-ring (bicyclic) bond motifs is 1. The Morgan fingerprint density at radius 1 is 1.31 bits per heavy atom. The van der Waals surface area contributed by atoms with Gasteiger partial charge in [-0.3, -0.25) is 4.79 Å². The van der Waals surface area contributed by atoms with Gasteiger partial charge in [-0.2, -0.15) is 0 Å². The molecule has 4 nitrogen and oxygen atoms in total. The largest absolute Gasteiger partial charge is 0.296 e. The van der Waals surface area contributed by atoms with Gasteiger partial charge in [-0.05, 0) is 22.9 Å². The first-order valence-corrected chi connectivity index (χ1v) is 5.60. The third-order valence-corrected chi connectivity index (χ3v) is 3.29. The molecule has 16 heavy (non-hydrogen) atoms. The van der Waals surface area contributed by atoms with E-state index >= 15 is 0 Å². The molecule has 0 saturated heterocycles. The molecule has 0 aliphatic rings. The molecule has 0 spiro atoms. The molecule has 0 fully saturated rings. The van der Waals surface area contributed by atoms with Crippen molar-refractivity contribution in [2.24, 2.45) is 0 Å². The van der Waals surface area contributed by atoms with Crippen LogP contribution in [0.4, 0.5) is 0 Å². The summed E-state index contributed by atoms with van der Waals surface area (Å²) in [4.78, 5) is 10.6. The van der Waals surface area contributed by atoms with E-state index < -0.39 is 0 Å². The second-order valence-corrected chi connectivity index (χ2v) is 4.24. The van der Waals surface area contributed by atoms with E-state index in [1.807, 2.05) is 23.6 Å². The van der Waals surface area contributed by atoms with Crippen molar-refractivity contribution in [2.45, 2.75) is 0 Å². The lowest BCUT2D eigenvalue weighted by atomic mass is 10.2. The highest BCUT2D eigenvalue weighted by Gasteiger charge is 2.06. The summed E-state index contributed by atoms with van der Waals surface area (Å²) in [5, 5.41) is 10.9. The van der Waals surface area contributed by atoms with Gasteiger partial charge in [-0.1, -0.05) is 17.3 Å². The maximum absolute atomic E-state index is 10.6. The summed E-state index contributed by atoms with van der Waals surface area (Å²) in [5.41, 5.74) is 1.29. The molecule has 78 valence electrons. The highest BCUT2D eigenvalue weighted by Crippen LogP contribution is 2.26. The molecule has 0 atom stereocenters. The molecule has 3 rings (SSSR count). The number of aromatic nitrogens is 3. The third-order valence-electron chi connectivity index (χ3n) is 2.34. The topological polar surface area (TPSA) is 47.8 Å². The number of thiophene rings is 1. The van der Waals surface area contributed by atoms with Crippen LogP contribution in [0.1, 0.15) is 10.5 Å². The Kier molecular flexibility index (Phi) is 2.04. The molecule has 0 N–H and O–H groups in total. The molecule has 0 amide bonds. The lowest BCUT2D eigenvalue weighted by Crippen LogP contribution is -1.94. The first kappa shape index (κ1) is 9.23. The summed E-state index contributed by atoms with van der Waals surface area (Å²) in [6.07, 6.45) is 2.32. The lowest BCUT2D eigenvalue weighted by Gasteiger charge is -2.00. The van der Waals surface area contributed by atoms with Gasteiger partial charge >= 0.3 is 0 Å². The van der Waals surface area contributed by atoms with Crippen molar-refractivity contribution in [3.8, 4) is 5.69 Å². The Bertz CT molecular complexity index is 656. The van der Waals surface area contributed by atoms with E-state index in [2.05, 4.69) is 16.4 Å². The quantitative estimate of drug-likeness (QED) is 0.633. The van der Waals surface area contributed by atoms with E-state index in [1.165, 1.54) is 5.39 Å². The van der Waals surface area contributed by atoms with Crippen molar-refractivity contribution in [3.05, 3.63) is 41.5 Å². The maximum atomic E-state index is 10.6. The normalized spacial score (nSPS) is 10.8. The first-order chi connectivity index (χ1) is 7.88. The van der Waals surface area contributed by atoms with E-state index in [0.717, 1.165) is 10.4 Å². The molecule has 0 saturated carbocycles. The average molecular weight is 229 g/mol. The van der Waals surface area contributed by atoms with Crippen LogP contribution < -0.4 is 0 Å². The molecular formula is C11H7N3OS. The Morgan fingerprint density at radius 2 is 2.25 bits per heavy atom. The number of hydrogen-bond acceptors (Lipinski definition) is 4. The third kappa shape index (κ3) is 1.33. The molecule has 2 aromatic heterocycles. The molecule has 0 unspecified atom stereocenters. The maximum Gasteiger partial charge on any atom is 0.171 e. The van der Waals surface area contributed by atoms with Crippen molar-refractivity contribution in [1.29, 1.82) is 0 Å². The zero-order chi connectivity index (χ0) is 11.0. The fourth-order valence-corrected chi connectivity index (χ4v) is 2.51. The second kappa shape index (κ2) is 3.53. The minimum absolute atomic E-state index is 0.341. The van der Waals surface area contributed by atoms with Crippen LogP contribution in [-0.4, -0.2) is 21.3 Å². The number of carbonyl (C=O) groups excluding carboxylic acids is 1. The van der Waals surface area contributed by atoms with Gasteiger partial charge in [0, 0.05) is 0 Å². The molecule has 0 aliphatic carbocycles. The van der Waals surface area contributed by atoms with Crippen molar-refractivity contribution in [2.75, 3.05) is 0 Å². The summed E-state index contributed by atoms with van der Waals surface area (Å²) in [6, 6.07) is 8.03. The van der Waals surface area contributed by atoms with Crippen LogP contribution in [0.25, 0.3) is 15.8 Å². The molecule has 1 aromatic carbocycles.